The van der Waals surface area contributed by atoms with Crippen molar-refractivity contribution in [2.24, 2.45) is 5.92 Å². The first-order chi connectivity index (χ1) is 7.29. The van der Waals surface area contributed by atoms with Crippen molar-refractivity contribution < 1.29 is 9.47 Å². The van der Waals surface area contributed by atoms with Gasteiger partial charge < -0.3 is 9.47 Å². The van der Waals surface area contributed by atoms with Crippen molar-refractivity contribution in [2.75, 3.05) is 6.79 Å². The van der Waals surface area contributed by atoms with E-state index in [1.54, 1.807) is 0 Å². The molecule has 0 spiro atoms. The van der Waals surface area contributed by atoms with Crippen molar-refractivity contribution in [3.05, 3.63) is 42.1 Å². The second-order valence-electron chi connectivity index (χ2n) is 3.74. The lowest BCUT2D eigenvalue weighted by Gasteiger charge is -2.06. The van der Waals surface area contributed by atoms with Crippen LogP contribution < -0.4 is 9.47 Å². The highest BCUT2D eigenvalue weighted by molar-refractivity contribution is 5.44. The quantitative estimate of drug-likeness (QED) is 0.701. The maximum absolute atomic E-state index is 5.32. The molecule has 0 fully saturated rings. The van der Waals surface area contributed by atoms with Crippen molar-refractivity contribution in [3.63, 3.8) is 0 Å². The van der Waals surface area contributed by atoms with E-state index in [0.29, 0.717) is 12.7 Å². The third kappa shape index (κ3) is 2.23. The molecule has 1 aliphatic rings. The van der Waals surface area contributed by atoms with E-state index in [1.165, 1.54) is 5.56 Å². The summed E-state index contributed by atoms with van der Waals surface area (Å²) in [5, 5.41) is 0. The molecule has 1 aromatic rings. The average Bonchev–Trinajstić information content (AvgIpc) is 2.65. The fraction of sp³-hybridized carbons (Fsp3) is 0.308. The van der Waals surface area contributed by atoms with Gasteiger partial charge in [0.2, 0.25) is 6.79 Å². The summed E-state index contributed by atoms with van der Waals surface area (Å²) in [6, 6.07) is 6.07. The van der Waals surface area contributed by atoms with Crippen LogP contribution in [0.3, 0.4) is 0 Å². The molecule has 0 radical (unpaired) electrons. The molecular weight excluding hydrogens is 188 g/mol. The van der Waals surface area contributed by atoms with Gasteiger partial charge >= 0.3 is 0 Å². The van der Waals surface area contributed by atoms with Gasteiger partial charge in [-0.25, -0.2) is 0 Å². The normalized spacial score (nSPS) is 14.5. The van der Waals surface area contributed by atoms with Gasteiger partial charge in [-0.2, -0.15) is 0 Å². The van der Waals surface area contributed by atoms with E-state index in [0.717, 1.165) is 17.9 Å². The Bertz CT molecular complexity index is 403. The third-order valence-electron chi connectivity index (χ3n) is 2.40. The summed E-state index contributed by atoms with van der Waals surface area (Å²) in [5.74, 6) is 2.14. The molecule has 0 aliphatic carbocycles. The summed E-state index contributed by atoms with van der Waals surface area (Å²) in [7, 11) is 0. The Kier molecular flexibility index (Phi) is 2.79. The molecule has 1 aromatic carbocycles. The predicted octanol–water partition coefficient (Wildman–Crippen LogP) is 2.94. The van der Waals surface area contributed by atoms with Gasteiger partial charge in [0.05, 0.1) is 0 Å². The van der Waals surface area contributed by atoms with Crippen molar-refractivity contribution in [1.29, 1.82) is 0 Å². The van der Waals surface area contributed by atoms with Crippen LogP contribution in [0.1, 0.15) is 12.5 Å². The minimum absolute atomic E-state index is 0.334. The Labute approximate surface area is 89.8 Å². The fourth-order valence-electron chi connectivity index (χ4n) is 1.70. The predicted molar refractivity (Wildman–Crippen MR) is 59.1 cm³/mol. The van der Waals surface area contributed by atoms with E-state index in [1.807, 2.05) is 18.2 Å². The minimum atomic E-state index is 0.334. The van der Waals surface area contributed by atoms with Crippen LogP contribution in [0.4, 0.5) is 0 Å². The maximum Gasteiger partial charge on any atom is 0.231 e. The molecule has 0 amide bonds. The van der Waals surface area contributed by atoms with Crippen LogP contribution in [0.5, 0.6) is 11.5 Å². The molecule has 2 heteroatoms. The molecule has 1 heterocycles. The summed E-state index contributed by atoms with van der Waals surface area (Å²) < 4.78 is 10.6. The minimum Gasteiger partial charge on any atom is -0.454 e. The second kappa shape index (κ2) is 4.24. The number of allylic oxidation sites excluding steroid dienone is 1. The van der Waals surface area contributed by atoms with E-state index >= 15 is 0 Å². The summed E-state index contributed by atoms with van der Waals surface area (Å²) in [4.78, 5) is 0. The van der Waals surface area contributed by atoms with Gasteiger partial charge in [-0.15, -0.1) is 5.73 Å². The van der Waals surface area contributed by atoms with Gasteiger partial charge in [0.1, 0.15) is 0 Å². The summed E-state index contributed by atoms with van der Waals surface area (Å²) in [5.41, 5.74) is 4.06. The van der Waals surface area contributed by atoms with Gasteiger partial charge in [-0.3, -0.25) is 0 Å². The maximum atomic E-state index is 5.32. The lowest BCUT2D eigenvalue weighted by atomic mass is 10.0. The zero-order valence-corrected chi connectivity index (χ0v) is 8.82. The number of fused-ring (bicyclic) bond motifs is 1. The Morgan fingerprint density at radius 3 is 3.07 bits per heavy atom. The van der Waals surface area contributed by atoms with Gasteiger partial charge in [-0.1, -0.05) is 19.6 Å². The molecule has 0 saturated heterocycles. The summed E-state index contributed by atoms with van der Waals surface area (Å²) in [6.07, 6.45) is 2.95. The third-order valence-corrected chi connectivity index (χ3v) is 2.40. The first-order valence-electron chi connectivity index (χ1n) is 5.04. The zero-order valence-electron chi connectivity index (χ0n) is 8.82. The molecule has 0 saturated carbocycles. The topological polar surface area (TPSA) is 18.5 Å². The SMILES string of the molecule is C=C=CC(C)Cc1ccc2c(c1)OCO2. The van der Waals surface area contributed by atoms with Crippen LogP contribution in [0.25, 0.3) is 0 Å². The van der Waals surface area contributed by atoms with E-state index < -0.39 is 0 Å². The van der Waals surface area contributed by atoms with Gasteiger partial charge in [0.15, 0.2) is 11.5 Å². The molecule has 0 bridgehead atoms. The van der Waals surface area contributed by atoms with Crippen LogP contribution in [-0.2, 0) is 6.42 Å². The van der Waals surface area contributed by atoms with Crippen LogP contribution in [-0.4, -0.2) is 6.79 Å². The molecule has 2 nitrogen and oxygen atoms in total. The highest BCUT2D eigenvalue weighted by Crippen LogP contribution is 2.33. The molecular formula is C13H14O2. The first-order valence-corrected chi connectivity index (χ1v) is 5.04. The van der Waals surface area contributed by atoms with Gasteiger partial charge in [0, 0.05) is 0 Å². The largest absolute Gasteiger partial charge is 0.454 e. The molecule has 0 aromatic heterocycles. The number of hydrogen-bond acceptors (Lipinski definition) is 2. The number of hydrogen-bond donors (Lipinski definition) is 0. The van der Waals surface area contributed by atoms with Gasteiger partial charge in [0.25, 0.3) is 0 Å². The molecule has 78 valence electrons. The average molecular weight is 202 g/mol. The first kappa shape index (κ1) is 9.88. The lowest BCUT2D eigenvalue weighted by Crippen LogP contribution is -1.95. The summed E-state index contributed by atoms with van der Waals surface area (Å²) >= 11 is 0. The lowest BCUT2D eigenvalue weighted by molar-refractivity contribution is 0.174. The number of ether oxygens (including phenoxy) is 2. The standard InChI is InChI=1S/C13H14O2/c1-3-4-10(2)7-11-5-6-12-13(8-11)15-9-14-12/h4-6,8,10H,1,7,9H2,2H3. The van der Waals surface area contributed by atoms with Crippen molar-refractivity contribution in [3.8, 4) is 11.5 Å². The molecule has 0 N–H and O–H groups in total. The Morgan fingerprint density at radius 1 is 1.47 bits per heavy atom. The van der Waals surface area contributed by atoms with E-state index in [9.17, 15) is 0 Å². The van der Waals surface area contributed by atoms with Crippen LogP contribution in [0.2, 0.25) is 0 Å². The Morgan fingerprint density at radius 2 is 2.27 bits per heavy atom. The number of benzene rings is 1. The molecule has 2 rings (SSSR count). The van der Waals surface area contributed by atoms with Crippen LogP contribution in [0.15, 0.2) is 36.6 Å². The van der Waals surface area contributed by atoms with Crippen molar-refractivity contribution in [1.82, 2.24) is 0 Å². The van der Waals surface area contributed by atoms with E-state index in [2.05, 4.69) is 25.3 Å². The second-order valence-corrected chi connectivity index (χ2v) is 3.74. The van der Waals surface area contributed by atoms with Crippen LogP contribution >= 0.6 is 0 Å². The zero-order chi connectivity index (χ0) is 10.7. The molecule has 1 aliphatic heterocycles. The molecule has 1 atom stereocenters. The Balaban J connectivity index is 2.13. The number of rotatable bonds is 3. The van der Waals surface area contributed by atoms with Crippen molar-refractivity contribution in [2.45, 2.75) is 13.3 Å². The van der Waals surface area contributed by atoms with E-state index in [4.69, 9.17) is 9.47 Å². The monoisotopic (exact) mass is 202 g/mol. The molecule has 1 unspecified atom stereocenters. The highest BCUT2D eigenvalue weighted by atomic mass is 16.7. The molecule has 15 heavy (non-hydrogen) atoms. The fourth-order valence-corrected chi connectivity index (χ4v) is 1.70. The van der Waals surface area contributed by atoms with E-state index in [-0.39, 0.29) is 0 Å². The smallest absolute Gasteiger partial charge is 0.231 e. The van der Waals surface area contributed by atoms with Gasteiger partial charge in [-0.05, 0) is 36.1 Å². The van der Waals surface area contributed by atoms with Crippen molar-refractivity contribution >= 4 is 0 Å². The highest BCUT2D eigenvalue weighted by Gasteiger charge is 2.13. The van der Waals surface area contributed by atoms with Crippen LogP contribution in [0, 0.1) is 5.92 Å². The summed E-state index contributed by atoms with van der Waals surface area (Å²) in [6.45, 7) is 6.05. The Hall–Kier alpha value is -1.66.